The van der Waals surface area contributed by atoms with E-state index in [0.29, 0.717) is 6.04 Å². The van der Waals surface area contributed by atoms with Crippen LogP contribution in [0, 0.1) is 5.82 Å². The summed E-state index contributed by atoms with van der Waals surface area (Å²) in [5, 5.41) is 3.30. The average Bonchev–Trinajstić information content (AvgIpc) is 3.17. The number of halogens is 1. The highest BCUT2D eigenvalue weighted by atomic mass is 19.1. The molecule has 1 aliphatic carbocycles. The summed E-state index contributed by atoms with van der Waals surface area (Å²) < 4.78 is 14.1. The van der Waals surface area contributed by atoms with Gasteiger partial charge in [0.1, 0.15) is 5.82 Å². The zero-order valence-corrected chi connectivity index (χ0v) is 11.4. The maximum atomic E-state index is 14.1. The molecule has 0 heterocycles. The molecule has 2 nitrogen and oxygen atoms in total. The Bertz CT molecular complexity index is 388. The minimum Gasteiger partial charge on any atom is -0.366 e. The molecule has 1 aromatic carbocycles. The van der Waals surface area contributed by atoms with E-state index in [9.17, 15) is 4.39 Å². The van der Waals surface area contributed by atoms with Crippen LogP contribution in [-0.4, -0.2) is 19.1 Å². The van der Waals surface area contributed by atoms with Crippen molar-refractivity contribution in [2.24, 2.45) is 0 Å². The van der Waals surface area contributed by atoms with Crippen LogP contribution in [0.1, 0.15) is 38.7 Å². The molecular formula is C15H23FN2. The molecule has 1 N–H and O–H groups in total. The van der Waals surface area contributed by atoms with Gasteiger partial charge in [-0.15, -0.1) is 0 Å². The van der Waals surface area contributed by atoms with Gasteiger partial charge in [0, 0.05) is 19.1 Å². The van der Waals surface area contributed by atoms with Crippen molar-refractivity contribution in [3.63, 3.8) is 0 Å². The summed E-state index contributed by atoms with van der Waals surface area (Å²) >= 11 is 0. The van der Waals surface area contributed by atoms with E-state index < -0.39 is 0 Å². The third-order valence-electron chi connectivity index (χ3n) is 3.41. The molecule has 0 spiro atoms. The summed E-state index contributed by atoms with van der Waals surface area (Å²) in [6.07, 6.45) is 3.51. The van der Waals surface area contributed by atoms with Crippen LogP contribution in [-0.2, 0) is 6.54 Å². The Balaban J connectivity index is 2.04. The molecule has 100 valence electrons. The summed E-state index contributed by atoms with van der Waals surface area (Å²) in [7, 11) is 0. The van der Waals surface area contributed by atoms with E-state index in [2.05, 4.69) is 24.1 Å². The van der Waals surface area contributed by atoms with Crippen LogP contribution in [0.4, 0.5) is 10.1 Å². The highest BCUT2D eigenvalue weighted by molar-refractivity contribution is 5.51. The molecule has 0 radical (unpaired) electrons. The third kappa shape index (κ3) is 3.22. The lowest BCUT2D eigenvalue weighted by atomic mass is 10.1. The zero-order chi connectivity index (χ0) is 13.0. The van der Waals surface area contributed by atoms with Crippen LogP contribution in [0.2, 0.25) is 0 Å². The van der Waals surface area contributed by atoms with Gasteiger partial charge < -0.3 is 10.2 Å². The lowest BCUT2D eigenvalue weighted by Crippen LogP contribution is -2.26. The minimum absolute atomic E-state index is 0.0838. The third-order valence-corrected chi connectivity index (χ3v) is 3.41. The standard InChI is InChI=1S/C15H23FN2/c1-3-9-17-11-12-5-8-15(14(16)10-12)18(4-2)13-6-7-13/h5,8,10,13,17H,3-4,6-7,9,11H2,1-2H3. The van der Waals surface area contributed by atoms with Crippen molar-refractivity contribution in [3.8, 4) is 0 Å². The van der Waals surface area contributed by atoms with E-state index in [0.717, 1.165) is 37.3 Å². The Kier molecular flexibility index (Phi) is 4.59. The van der Waals surface area contributed by atoms with E-state index in [1.54, 1.807) is 6.07 Å². The van der Waals surface area contributed by atoms with Crippen molar-refractivity contribution in [1.82, 2.24) is 5.32 Å². The van der Waals surface area contributed by atoms with Crippen LogP contribution < -0.4 is 10.2 Å². The van der Waals surface area contributed by atoms with Crippen LogP contribution in [0.15, 0.2) is 18.2 Å². The first-order valence-corrected chi connectivity index (χ1v) is 7.02. The largest absolute Gasteiger partial charge is 0.366 e. The van der Waals surface area contributed by atoms with Crippen molar-refractivity contribution in [1.29, 1.82) is 0 Å². The summed E-state index contributed by atoms with van der Waals surface area (Å²) in [6, 6.07) is 6.20. The monoisotopic (exact) mass is 250 g/mol. The fraction of sp³-hybridized carbons (Fsp3) is 0.600. The summed E-state index contributed by atoms with van der Waals surface area (Å²) in [6.45, 7) is 6.84. The van der Waals surface area contributed by atoms with E-state index in [4.69, 9.17) is 0 Å². The van der Waals surface area contributed by atoms with Gasteiger partial charge in [-0.2, -0.15) is 0 Å². The number of nitrogens with zero attached hydrogens (tertiary/aromatic N) is 1. The normalized spacial score (nSPS) is 14.8. The number of rotatable bonds is 7. The molecule has 3 heteroatoms. The first-order valence-electron chi connectivity index (χ1n) is 7.02. The van der Waals surface area contributed by atoms with Gasteiger partial charge >= 0.3 is 0 Å². The Morgan fingerprint density at radius 1 is 1.33 bits per heavy atom. The number of hydrogen-bond donors (Lipinski definition) is 1. The van der Waals surface area contributed by atoms with Crippen LogP contribution in [0.25, 0.3) is 0 Å². The van der Waals surface area contributed by atoms with E-state index >= 15 is 0 Å². The molecular weight excluding hydrogens is 227 g/mol. The van der Waals surface area contributed by atoms with E-state index in [1.165, 1.54) is 12.8 Å². The molecule has 0 saturated heterocycles. The highest BCUT2D eigenvalue weighted by Crippen LogP contribution is 2.33. The Morgan fingerprint density at radius 2 is 2.11 bits per heavy atom. The smallest absolute Gasteiger partial charge is 0.146 e. The predicted octanol–water partition coefficient (Wildman–Crippen LogP) is 3.31. The molecule has 1 saturated carbocycles. The number of hydrogen-bond acceptors (Lipinski definition) is 2. The Morgan fingerprint density at radius 3 is 2.67 bits per heavy atom. The molecule has 0 aromatic heterocycles. The van der Waals surface area contributed by atoms with Crippen LogP contribution >= 0.6 is 0 Å². The topological polar surface area (TPSA) is 15.3 Å². The molecule has 0 amide bonds. The van der Waals surface area contributed by atoms with Gasteiger partial charge in [-0.1, -0.05) is 13.0 Å². The van der Waals surface area contributed by atoms with Gasteiger partial charge in [-0.25, -0.2) is 4.39 Å². The second kappa shape index (κ2) is 6.19. The first kappa shape index (κ1) is 13.3. The van der Waals surface area contributed by atoms with Gasteiger partial charge in [0.15, 0.2) is 0 Å². The van der Waals surface area contributed by atoms with Gasteiger partial charge in [0.05, 0.1) is 5.69 Å². The lowest BCUT2D eigenvalue weighted by Gasteiger charge is -2.23. The predicted molar refractivity (Wildman–Crippen MR) is 74.4 cm³/mol. The zero-order valence-electron chi connectivity index (χ0n) is 11.4. The quantitative estimate of drug-likeness (QED) is 0.747. The molecule has 18 heavy (non-hydrogen) atoms. The average molecular weight is 250 g/mol. The van der Waals surface area contributed by atoms with Gasteiger partial charge in [0.25, 0.3) is 0 Å². The number of benzene rings is 1. The maximum absolute atomic E-state index is 14.1. The van der Waals surface area contributed by atoms with Crippen LogP contribution in [0.5, 0.6) is 0 Å². The van der Waals surface area contributed by atoms with E-state index in [1.807, 2.05) is 12.1 Å². The fourth-order valence-corrected chi connectivity index (χ4v) is 2.31. The molecule has 0 bridgehead atoms. The minimum atomic E-state index is -0.0838. The molecule has 1 aliphatic rings. The second-order valence-electron chi connectivity index (χ2n) is 4.98. The maximum Gasteiger partial charge on any atom is 0.146 e. The fourth-order valence-electron chi connectivity index (χ4n) is 2.31. The SMILES string of the molecule is CCCNCc1ccc(N(CC)C2CC2)c(F)c1. The number of anilines is 1. The van der Waals surface area contributed by atoms with Gasteiger partial charge in [-0.05, 0) is 50.4 Å². The van der Waals surface area contributed by atoms with Crippen molar-refractivity contribution in [3.05, 3.63) is 29.6 Å². The van der Waals surface area contributed by atoms with Gasteiger partial charge in [-0.3, -0.25) is 0 Å². The summed E-state index contributed by atoms with van der Waals surface area (Å²) in [5.41, 5.74) is 1.79. The summed E-state index contributed by atoms with van der Waals surface area (Å²) in [4.78, 5) is 2.18. The lowest BCUT2D eigenvalue weighted by molar-refractivity contribution is 0.610. The number of nitrogens with one attached hydrogen (secondary N) is 1. The molecule has 0 unspecified atom stereocenters. The van der Waals surface area contributed by atoms with Crippen molar-refractivity contribution >= 4 is 5.69 Å². The second-order valence-corrected chi connectivity index (χ2v) is 4.98. The van der Waals surface area contributed by atoms with Crippen molar-refractivity contribution in [2.75, 3.05) is 18.0 Å². The molecule has 0 aliphatic heterocycles. The van der Waals surface area contributed by atoms with Crippen molar-refractivity contribution < 1.29 is 4.39 Å². The Labute approximate surface area is 109 Å². The molecule has 2 rings (SSSR count). The van der Waals surface area contributed by atoms with Crippen molar-refractivity contribution in [2.45, 2.75) is 45.7 Å². The highest BCUT2D eigenvalue weighted by Gasteiger charge is 2.29. The Hall–Kier alpha value is -1.09. The van der Waals surface area contributed by atoms with Gasteiger partial charge in [0.2, 0.25) is 0 Å². The summed E-state index contributed by atoms with van der Waals surface area (Å²) in [5.74, 6) is -0.0838. The molecule has 1 fully saturated rings. The van der Waals surface area contributed by atoms with E-state index in [-0.39, 0.29) is 5.82 Å². The molecule has 0 atom stereocenters. The van der Waals surface area contributed by atoms with Crippen LogP contribution in [0.3, 0.4) is 0 Å². The first-order chi connectivity index (χ1) is 8.76. The molecule has 1 aromatic rings.